The van der Waals surface area contributed by atoms with Gasteiger partial charge in [0.25, 0.3) is 0 Å². The lowest BCUT2D eigenvalue weighted by Gasteiger charge is -2.34. The smallest absolute Gasteiger partial charge is 0.247 e. The van der Waals surface area contributed by atoms with E-state index in [9.17, 15) is 9.90 Å². The zero-order valence-corrected chi connectivity index (χ0v) is 20.1. The highest BCUT2D eigenvalue weighted by molar-refractivity contribution is 7.15. The molecule has 0 saturated carbocycles. The fraction of sp³-hybridized carbons (Fsp3) is 0.320. The van der Waals surface area contributed by atoms with E-state index >= 15 is 0 Å². The second-order valence-corrected chi connectivity index (χ2v) is 9.50. The number of rotatable bonds is 9. The van der Waals surface area contributed by atoms with Gasteiger partial charge in [0.1, 0.15) is 5.82 Å². The van der Waals surface area contributed by atoms with Gasteiger partial charge in [0.2, 0.25) is 5.91 Å². The van der Waals surface area contributed by atoms with Gasteiger partial charge < -0.3 is 15.7 Å². The Kier molecular flexibility index (Phi) is 8.02. The number of carbonyl (C=O) groups is 1. The van der Waals surface area contributed by atoms with Gasteiger partial charge in [-0.15, -0.1) is 11.3 Å². The van der Waals surface area contributed by atoms with Crippen LogP contribution in [0.15, 0.2) is 55.3 Å². The van der Waals surface area contributed by atoms with Crippen LogP contribution < -0.4 is 10.6 Å². The van der Waals surface area contributed by atoms with E-state index in [1.54, 1.807) is 11.3 Å². The molecule has 0 unspecified atom stereocenters. The number of hydrogen-bond acceptors (Lipinski definition) is 8. The van der Waals surface area contributed by atoms with Gasteiger partial charge in [0, 0.05) is 61.6 Å². The summed E-state index contributed by atoms with van der Waals surface area (Å²) in [5.41, 5.74) is 3.58. The van der Waals surface area contributed by atoms with Crippen molar-refractivity contribution in [1.82, 2.24) is 19.8 Å². The number of aliphatic hydroxyl groups is 1. The second kappa shape index (κ2) is 11.3. The average molecular weight is 479 g/mol. The Hall–Kier alpha value is -3.11. The summed E-state index contributed by atoms with van der Waals surface area (Å²) in [4.78, 5) is 26.8. The number of aromatic nitrogens is 2. The molecule has 9 heteroatoms. The van der Waals surface area contributed by atoms with Crippen molar-refractivity contribution in [3.05, 3.63) is 65.7 Å². The molecule has 3 aromatic rings. The highest BCUT2D eigenvalue weighted by Gasteiger charge is 2.17. The molecule has 1 fully saturated rings. The average Bonchev–Trinajstić information content (AvgIpc) is 3.25. The summed E-state index contributed by atoms with van der Waals surface area (Å²) in [5, 5.41) is 16.2. The van der Waals surface area contributed by atoms with Crippen LogP contribution in [0.4, 0.5) is 16.6 Å². The van der Waals surface area contributed by atoms with E-state index in [4.69, 9.17) is 4.98 Å². The third-order valence-corrected chi connectivity index (χ3v) is 6.47. The van der Waals surface area contributed by atoms with Crippen LogP contribution in [0.25, 0.3) is 11.3 Å². The highest BCUT2D eigenvalue weighted by atomic mass is 32.1. The lowest BCUT2D eigenvalue weighted by Crippen LogP contribution is -2.46. The molecule has 3 heterocycles. The zero-order chi connectivity index (χ0) is 23.9. The van der Waals surface area contributed by atoms with E-state index < -0.39 is 0 Å². The third-order valence-electron chi connectivity index (χ3n) is 5.64. The molecule has 0 aliphatic carbocycles. The summed E-state index contributed by atoms with van der Waals surface area (Å²) < 4.78 is 0. The third kappa shape index (κ3) is 6.48. The van der Waals surface area contributed by atoms with Gasteiger partial charge in [-0.2, -0.15) is 0 Å². The maximum atomic E-state index is 11.7. The molecule has 3 N–H and O–H groups in total. The second-order valence-electron chi connectivity index (χ2n) is 8.26. The number of aryl methyl sites for hydroxylation is 1. The molecular weight excluding hydrogens is 448 g/mol. The Morgan fingerprint density at radius 1 is 1.21 bits per heavy atom. The number of carbonyl (C=O) groups excluding carboxylic acids is 1. The summed E-state index contributed by atoms with van der Waals surface area (Å²) in [5.74, 6) is 0.488. The van der Waals surface area contributed by atoms with Gasteiger partial charge in [-0.05, 0) is 42.8 Å². The van der Waals surface area contributed by atoms with Crippen LogP contribution in [0.1, 0.15) is 10.4 Å². The summed E-state index contributed by atoms with van der Waals surface area (Å²) in [7, 11) is 0. The van der Waals surface area contributed by atoms with Gasteiger partial charge in [0.05, 0.1) is 12.3 Å². The van der Waals surface area contributed by atoms with Crippen molar-refractivity contribution in [3.8, 4) is 11.3 Å². The Bertz CT molecular complexity index is 1140. The van der Waals surface area contributed by atoms with Crippen molar-refractivity contribution < 1.29 is 9.90 Å². The van der Waals surface area contributed by atoms with E-state index in [2.05, 4.69) is 44.1 Å². The zero-order valence-electron chi connectivity index (χ0n) is 19.3. The van der Waals surface area contributed by atoms with Crippen molar-refractivity contribution in [3.63, 3.8) is 0 Å². The minimum absolute atomic E-state index is 0.200. The lowest BCUT2D eigenvalue weighted by atomic mass is 10.1. The van der Waals surface area contributed by atoms with Crippen LogP contribution in [-0.4, -0.2) is 70.1 Å². The fourth-order valence-corrected chi connectivity index (χ4v) is 4.60. The number of thiazole rings is 1. The fourth-order valence-electron chi connectivity index (χ4n) is 3.93. The molecule has 0 spiro atoms. The first-order valence-electron chi connectivity index (χ1n) is 11.3. The molecule has 0 radical (unpaired) electrons. The summed E-state index contributed by atoms with van der Waals surface area (Å²) in [6, 6.07) is 11.8. The number of benzene rings is 1. The van der Waals surface area contributed by atoms with Crippen LogP contribution in [0.5, 0.6) is 0 Å². The molecule has 1 aliphatic rings. The first kappa shape index (κ1) is 24.0. The highest BCUT2D eigenvalue weighted by Crippen LogP contribution is 2.27. The lowest BCUT2D eigenvalue weighted by molar-refractivity contribution is -0.111. The Balaban J connectivity index is 1.59. The van der Waals surface area contributed by atoms with Gasteiger partial charge in [0.15, 0.2) is 5.13 Å². The molecule has 2 aromatic heterocycles. The molecule has 4 rings (SSSR count). The maximum Gasteiger partial charge on any atom is 0.247 e. The number of anilines is 3. The van der Waals surface area contributed by atoms with Gasteiger partial charge in [-0.1, -0.05) is 18.7 Å². The number of aliphatic hydroxyl groups excluding tert-OH is 1. The Labute approximate surface area is 204 Å². The van der Waals surface area contributed by atoms with Crippen molar-refractivity contribution in [2.75, 3.05) is 50.0 Å². The number of nitrogens with zero attached hydrogens (tertiary/aromatic N) is 4. The molecule has 1 aliphatic heterocycles. The quantitative estimate of drug-likeness (QED) is 0.405. The SMILES string of the molecule is C=CC(=O)Nc1cccc(-c2cc(CN3CCN(CCO)CC3)cc(Nc3ncc(C)s3)n2)c1. The Morgan fingerprint density at radius 2 is 2.00 bits per heavy atom. The van der Waals surface area contributed by atoms with E-state index in [1.165, 1.54) is 6.08 Å². The number of β-amino-alcohol motifs (C(OH)–C–C–N with tert-alkyl or cyclic N) is 1. The van der Waals surface area contributed by atoms with E-state index in [1.807, 2.05) is 37.4 Å². The van der Waals surface area contributed by atoms with Crippen molar-refractivity contribution in [2.24, 2.45) is 0 Å². The predicted molar refractivity (Wildman–Crippen MR) is 137 cm³/mol. The monoisotopic (exact) mass is 478 g/mol. The summed E-state index contributed by atoms with van der Waals surface area (Å²) in [6.07, 6.45) is 3.10. The number of pyridine rings is 1. The van der Waals surface area contributed by atoms with Crippen LogP contribution >= 0.6 is 11.3 Å². The van der Waals surface area contributed by atoms with Gasteiger partial charge in [-0.3, -0.25) is 14.6 Å². The number of nitrogens with one attached hydrogen (secondary N) is 2. The summed E-state index contributed by atoms with van der Waals surface area (Å²) >= 11 is 1.59. The number of piperazine rings is 1. The van der Waals surface area contributed by atoms with Gasteiger partial charge >= 0.3 is 0 Å². The summed E-state index contributed by atoms with van der Waals surface area (Å²) in [6.45, 7) is 11.1. The van der Waals surface area contributed by atoms with Gasteiger partial charge in [-0.25, -0.2) is 9.97 Å². The van der Waals surface area contributed by atoms with E-state index in [-0.39, 0.29) is 12.5 Å². The molecule has 0 bridgehead atoms. The molecule has 1 aromatic carbocycles. The number of amides is 1. The number of hydrogen-bond donors (Lipinski definition) is 3. The van der Waals surface area contributed by atoms with Crippen LogP contribution in [-0.2, 0) is 11.3 Å². The van der Waals surface area contributed by atoms with E-state index in [0.29, 0.717) is 5.69 Å². The van der Waals surface area contributed by atoms with Crippen LogP contribution in [0.2, 0.25) is 0 Å². The predicted octanol–water partition coefficient (Wildman–Crippen LogP) is 3.49. The molecular formula is C25H30N6O2S. The van der Waals surface area contributed by atoms with E-state index in [0.717, 1.165) is 71.9 Å². The maximum absolute atomic E-state index is 11.7. The standard InChI is InChI=1S/C25H30N6O2S/c1-3-24(33)27-21-6-4-5-20(15-21)22-13-19(17-31-9-7-30(8-10-31)11-12-32)14-23(28-22)29-25-26-16-18(2)34-25/h3-6,13-16,32H,1,7-12,17H2,2H3,(H,27,33)(H,26,28,29). The Morgan fingerprint density at radius 3 is 2.71 bits per heavy atom. The normalized spacial score (nSPS) is 14.6. The van der Waals surface area contributed by atoms with Crippen molar-refractivity contribution in [1.29, 1.82) is 0 Å². The van der Waals surface area contributed by atoms with Crippen molar-refractivity contribution in [2.45, 2.75) is 13.5 Å². The van der Waals surface area contributed by atoms with Crippen LogP contribution in [0.3, 0.4) is 0 Å². The molecule has 1 saturated heterocycles. The minimum Gasteiger partial charge on any atom is -0.395 e. The molecule has 0 atom stereocenters. The minimum atomic E-state index is -0.249. The largest absolute Gasteiger partial charge is 0.395 e. The first-order chi connectivity index (χ1) is 16.5. The van der Waals surface area contributed by atoms with Crippen LogP contribution in [0, 0.1) is 6.92 Å². The molecule has 8 nitrogen and oxygen atoms in total. The topological polar surface area (TPSA) is 93.6 Å². The molecule has 34 heavy (non-hydrogen) atoms. The van der Waals surface area contributed by atoms with Crippen molar-refractivity contribution >= 4 is 33.9 Å². The molecule has 1 amide bonds. The molecule has 178 valence electrons. The first-order valence-corrected chi connectivity index (χ1v) is 12.1.